The zero-order valence-electron chi connectivity index (χ0n) is 12.9. The van der Waals surface area contributed by atoms with E-state index in [1.165, 1.54) is 38.2 Å². The SMILES string of the molecule is CCC(C)C1CN(CCSC)C(C(C)CC)CN1. The molecule has 1 saturated heterocycles. The predicted molar refractivity (Wildman–Crippen MR) is 84.4 cm³/mol. The van der Waals surface area contributed by atoms with Crippen LogP contribution in [0.2, 0.25) is 0 Å². The van der Waals surface area contributed by atoms with E-state index in [-0.39, 0.29) is 0 Å². The fourth-order valence-electron chi connectivity index (χ4n) is 2.82. The molecule has 1 aliphatic rings. The lowest BCUT2D eigenvalue weighted by Crippen LogP contribution is -2.60. The molecule has 108 valence electrons. The Hall–Kier alpha value is 0.270. The van der Waals surface area contributed by atoms with Gasteiger partial charge >= 0.3 is 0 Å². The van der Waals surface area contributed by atoms with Gasteiger partial charge in [0.2, 0.25) is 0 Å². The van der Waals surface area contributed by atoms with E-state index < -0.39 is 0 Å². The Bertz CT molecular complexity index is 223. The Kier molecular flexibility index (Phi) is 7.66. The number of piperazine rings is 1. The third-order valence-electron chi connectivity index (χ3n) is 4.70. The Morgan fingerprint density at radius 3 is 2.44 bits per heavy atom. The Morgan fingerprint density at radius 2 is 1.89 bits per heavy atom. The molecule has 0 aromatic heterocycles. The minimum atomic E-state index is 0.692. The van der Waals surface area contributed by atoms with Crippen molar-refractivity contribution in [1.82, 2.24) is 10.2 Å². The van der Waals surface area contributed by atoms with Gasteiger partial charge in [0.1, 0.15) is 0 Å². The first-order valence-corrected chi connectivity index (χ1v) is 8.99. The van der Waals surface area contributed by atoms with Gasteiger partial charge < -0.3 is 5.32 Å². The topological polar surface area (TPSA) is 15.3 Å². The molecule has 1 N–H and O–H groups in total. The molecular weight excluding hydrogens is 240 g/mol. The number of hydrogen-bond donors (Lipinski definition) is 1. The van der Waals surface area contributed by atoms with Crippen molar-refractivity contribution in [3.05, 3.63) is 0 Å². The van der Waals surface area contributed by atoms with Crippen molar-refractivity contribution in [3.63, 3.8) is 0 Å². The van der Waals surface area contributed by atoms with E-state index in [9.17, 15) is 0 Å². The van der Waals surface area contributed by atoms with Crippen molar-refractivity contribution in [2.24, 2.45) is 11.8 Å². The van der Waals surface area contributed by atoms with Gasteiger partial charge in [-0.1, -0.05) is 40.5 Å². The Balaban J connectivity index is 2.60. The van der Waals surface area contributed by atoms with Crippen LogP contribution in [0.3, 0.4) is 0 Å². The fraction of sp³-hybridized carbons (Fsp3) is 1.00. The van der Waals surface area contributed by atoms with Crippen molar-refractivity contribution >= 4 is 11.8 Å². The average molecular weight is 273 g/mol. The van der Waals surface area contributed by atoms with Crippen LogP contribution in [0, 0.1) is 11.8 Å². The summed E-state index contributed by atoms with van der Waals surface area (Å²) in [6.07, 6.45) is 4.78. The summed E-state index contributed by atoms with van der Waals surface area (Å²) in [5.41, 5.74) is 0. The second-order valence-corrected chi connectivity index (χ2v) is 6.83. The summed E-state index contributed by atoms with van der Waals surface area (Å²) in [5.74, 6) is 2.86. The van der Waals surface area contributed by atoms with E-state index in [0.29, 0.717) is 6.04 Å². The first-order valence-electron chi connectivity index (χ1n) is 7.60. The summed E-state index contributed by atoms with van der Waals surface area (Å²) in [7, 11) is 0. The first kappa shape index (κ1) is 16.3. The van der Waals surface area contributed by atoms with E-state index in [0.717, 1.165) is 17.9 Å². The summed E-state index contributed by atoms with van der Waals surface area (Å²) >= 11 is 1.97. The molecule has 1 rings (SSSR count). The molecule has 0 spiro atoms. The standard InChI is InChI=1S/C15H32N2S/c1-6-12(3)14-11-17(8-9-18-5)15(10-16-14)13(4)7-2/h12-16H,6-11H2,1-5H3. The average Bonchev–Trinajstić information content (AvgIpc) is 2.42. The van der Waals surface area contributed by atoms with Gasteiger partial charge in [-0.15, -0.1) is 0 Å². The molecule has 0 bridgehead atoms. The molecule has 3 heteroatoms. The lowest BCUT2D eigenvalue weighted by atomic mass is 9.90. The normalized spacial score (nSPS) is 29.2. The maximum absolute atomic E-state index is 3.79. The van der Waals surface area contributed by atoms with Crippen molar-refractivity contribution in [2.75, 3.05) is 31.6 Å². The summed E-state index contributed by atoms with van der Waals surface area (Å²) < 4.78 is 0. The van der Waals surface area contributed by atoms with Gasteiger partial charge in [-0.25, -0.2) is 0 Å². The Labute approximate surface area is 118 Å². The summed E-state index contributed by atoms with van der Waals surface area (Å²) in [4.78, 5) is 2.75. The number of rotatable bonds is 7. The van der Waals surface area contributed by atoms with Gasteiger partial charge in [-0.3, -0.25) is 4.90 Å². The van der Waals surface area contributed by atoms with Crippen LogP contribution in [0.4, 0.5) is 0 Å². The minimum absolute atomic E-state index is 0.692. The molecule has 1 aliphatic heterocycles. The molecule has 0 amide bonds. The summed E-state index contributed by atoms with van der Waals surface area (Å²) in [5, 5.41) is 3.79. The molecule has 1 heterocycles. The van der Waals surface area contributed by atoms with Crippen LogP contribution >= 0.6 is 11.8 Å². The molecule has 1 fully saturated rings. The van der Waals surface area contributed by atoms with Crippen LogP contribution in [0.15, 0.2) is 0 Å². The molecule has 0 aliphatic carbocycles. The van der Waals surface area contributed by atoms with Crippen LogP contribution in [0.5, 0.6) is 0 Å². The fourth-order valence-corrected chi connectivity index (χ4v) is 3.24. The van der Waals surface area contributed by atoms with Gasteiger partial charge in [0, 0.05) is 37.5 Å². The largest absolute Gasteiger partial charge is 0.311 e. The summed E-state index contributed by atoms with van der Waals surface area (Å²) in [6, 6.07) is 1.43. The van der Waals surface area contributed by atoms with E-state index >= 15 is 0 Å². The number of hydrogen-bond acceptors (Lipinski definition) is 3. The van der Waals surface area contributed by atoms with Gasteiger partial charge in [0.05, 0.1) is 0 Å². The van der Waals surface area contributed by atoms with Crippen LogP contribution < -0.4 is 5.32 Å². The monoisotopic (exact) mass is 272 g/mol. The van der Waals surface area contributed by atoms with Gasteiger partial charge in [-0.2, -0.15) is 11.8 Å². The van der Waals surface area contributed by atoms with Crippen molar-refractivity contribution < 1.29 is 0 Å². The van der Waals surface area contributed by atoms with Crippen LogP contribution in [0.1, 0.15) is 40.5 Å². The molecule has 4 unspecified atom stereocenters. The van der Waals surface area contributed by atoms with Crippen LogP contribution in [-0.4, -0.2) is 48.6 Å². The second kappa shape index (κ2) is 8.44. The van der Waals surface area contributed by atoms with E-state index in [4.69, 9.17) is 0 Å². The number of nitrogens with zero attached hydrogens (tertiary/aromatic N) is 1. The third kappa shape index (κ3) is 4.43. The maximum atomic E-state index is 3.79. The Morgan fingerprint density at radius 1 is 1.22 bits per heavy atom. The maximum Gasteiger partial charge on any atom is 0.0247 e. The molecule has 0 aromatic rings. The second-order valence-electron chi connectivity index (χ2n) is 5.84. The first-order chi connectivity index (χ1) is 8.63. The minimum Gasteiger partial charge on any atom is -0.311 e. The third-order valence-corrected chi connectivity index (χ3v) is 5.29. The molecule has 4 atom stereocenters. The molecule has 0 aromatic carbocycles. The zero-order valence-corrected chi connectivity index (χ0v) is 13.7. The number of thioether (sulfide) groups is 1. The van der Waals surface area contributed by atoms with Gasteiger partial charge in [0.15, 0.2) is 0 Å². The van der Waals surface area contributed by atoms with Crippen molar-refractivity contribution in [1.29, 1.82) is 0 Å². The van der Waals surface area contributed by atoms with Crippen LogP contribution in [0.25, 0.3) is 0 Å². The lowest BCUT2D eigenvalue weighted by Gasteiger charge is -2.44. The predicted octanol–water partition coefficient (Wildman–Crippen LogP) is 3.08. The highest BCUT2D eigenvalue weighted by atomic mass is 32.2. The molecule has 0 radical (unpaired) electrons. The van der Waals surface area contributed by atoms with Crippen molar-refractivity contribution in [3.8, 4) is 0 Å². The highest BCUT2D eigenvalue weighted by Gasteiger charge is 2.31. The highest BCUT2D eigenvalue weighted by Crippen LogP contribution is 2.21. The molecular formula is C15H32N2S. The van der Waals surface area contributed by atoms with Gasteiger partial charge in [-0.05, 0) is 18.1 Å². The van der Waals surface area contributed by atoms with Crippen LogP contribution in [-0.2, 0) is 0 Å². The summed E-state index contributed by atoms with van der Waals surface area (Å²) in [6.45, 7) is 13.1. The van der Waals surface area contributed by atoms with E-state index in [1.807, 2.05) is 11.8 Å². The smallest absolute Gasteiger partial charge is 0.0247 e. The van der Waals surface area contributed by atoms with Gasteiger partial charge in [0.25, 0.3) is 0 Å². The van der Waals surface area contributed by atoms with E-state index in [1.54, 1.807) is 0 Å². The van der Waals surface area contributed by atoms with E-state index in [2.05, 4.69) is 44.2 Å². The van der Waals surface area contributed by atoms with Crippen molar-refractivity contribution in [2.45, 2.75) is 52.6 Å². The lowest BCUT2D eigenvalue weighted by molar-refractivity contribution is 0.0821. The molecule has 2 nitrogen and oxygen atoms in total. The highest BCUT2D eigenvalue weighted by molar-refractivity contribution is 7.98. The zero-order chi connectivity index (χ0) is 13.5. The number of nitrogens with one attached hydrogen (secondary N) is 1. The molecule has 0 saturated carbocycles. The quantitative estimate of drug-likeness (QED) is 0.767. The molecule has 18 heavy (non-hydrogen) atoms.